The highest BCUT2D eigenvalue weighted by Gasteiger charge is 2.12. The van der Waals surface area contributed by atoms with Gasteiger partial charge in [0.05, 0.1) is 6.26 Å². The van der Waals surface area contributed by atoms with E-state index in [9.17, 15) is 4.79 Å². The summed E-state index contributed by atoms with van der Waals surface area (Å²) in [7, 11) is 0. The average Bonchev–Trinajstić information content (AvgIpc) is 3.36. The minimum absolute atomic E-state index is 0.192. The van der Waals surface area contributed by atoms with Crippen LogP contribution in [0.1, 0.15) is 16.1 Å². The van der Waals surface area contributed by atoms with E-state index in [4.69, 9.17) is 4.42 Å². The number of carbonyl (C=O) groups excluding carboxylic acids is 1. The van der Waals surface area contributed by atoms with E-state index in [-0.39, 0.29) is 5.91 Å². The van der Waals surface area contributed by atoms with Gasteiger partial charge in [-0.05, 0) is 31.2 Å². The molecule has 3 aromatic heterocycles. The number of amides is 1. The smallest absolute Gasteiger partial charge is 0.257 e. The number of thiazole rings is 2. The van der Waals surface area contributed by atoms with Crippen LogP contribution in [0.4, 0.5) is 5.13 Å². The molecule has 1 aromatic carbocycles. The van der Waals surface area contributed by atoms with E-state index in [1.807, 2.05) is 35.9 Å². The Bertz CT molecular complexity index is 1000. The van der Waals surface area contributed by atoms with Crippen molar-refractivity contribution in [2.24, 2.45) is 0 Å². The first-order valence-electron chi connectivity index (χ1n) is 7.52. The van der Waals surface area contributed by atoms with E-state index in [0.29, 0.717) is 22.1 Å². The standard InChI is InChI=1S/C18H13N3O2S2/c1-11-9-24-17(19-11)13-6-4-12(5-7-13)16(22)21-18-20-14(10-25-18)15-3-2-8-23-15/h2-10H,1H3,(H,20,21,22). The van der Waals surface area contributed by atoms with Crippen molar-refractivity contribution in [2.75, 3.05) is 5.32 Å². The molecule has 0 spiro atoms. The fourth-order valence-electron chi connectivity index (χ4n) is 2.29. The van der Waals surface area contributed by atoms with Crippen LogP contribution < -0.4 is 5.32 Å². The number of anilines is 1. The lowest BCUT2D eigenvalue weighted by Crippen LogP contribution is -2.11. The van der Waals surface area contributed by atoms with Crippen molar-refractivity contribution in [3.63, 3.8) is 0 Å². The highest BCUT2D eigenvalue weighted by Crippen LogP contribution is 2.26. The lowest BCUT2D eigenvalue weighted by atomic mass is 10.1. The second kappa shape index (κ2) is 6.62. The van der Waals surface area contributed by atoms with Crippen LogP contribution in [0.5, 0.6) is 0 Å². The Kier molecular flexibility index (Phi) is 4.17. The summed E-state index contributed by atoms with van der Waals surface area (Å²) in [6.07, 6.45) is 1.60. The number of hydrogen-bond acceptors (Lipinski definition) is 6. The Morgan fingerprint density at radius 2 is 1.92 bits per heavy atom. The molecule has 0 atom stereocenters. The average molecular weight is 367 g/mol. The zero-order valence-corrected chi connectivity index (χ0v) is 14.9. The SMILES string of the molecule is Cc1csc(-c2ccc(C(=O)Nc3nc(-c4ccco4)cs3)cc2)n1. The molecule has 0 bridgehead atoms. The summed E-state index contributed by atoms with van der Waals surface area (Å²) in [5.74, 6) is 0.488. The topological polar surface area (TPSA) is 68.0 Å². The maximum atomic E-state index is 12.4. The Morgan fingerprint density at radius 1 is 1.08 bits per heavy atom. The summed E-state index contributed by atoms with van der Waals surface area (Å²) < 4.78 is 5.31. The molecular weight excluding hydrogens is 354 g/mol. The molecule has 5 nitrogen and oxygen atoms in total. The highest BCUT2D eigenvalue weighted by atomic mass is 32.1. The van der Waals surface area contributed by atoms with Crippen molar-refractivity contribution in [3.05, 3.63) is 64.7 Å². The summed E-state index contributed by atoms with van der Waals surface area (Å²) in [4.78, 5) is 21.2. The van der Waals surface area contributed by atoms with E-state index in [2.05, 4.69) is 15.3 Å². The lowest BCUT2D eigenvalue weighted by Gasteiger charge is -2.03. The normalized spacial score (nSPS) is 10.8. The van der Waals surface area contributed by atoms with E-state index >= 15 is 0 Å². The Labute approximate surface area is 152 Å². The number of benzene rings is 1. The molecule has 0 aliphatic heterocycles. The second-order valence-electron chi connectivity index (χ2n) is 5.34. The number of aryl methyl sites for hydroxylation is 1. The fourth-order valence-corrected chi connectivity index (χ4v) is 3.79. The molecule has 7 heteroatoms. The van der Waals surface area contributed by atoms with Gasteiger partial charge in [0, 0.05) is 27.6 Å². The van der Waals surface area contributed by atoms with Crippen molar-refractivity contribution >= 4 is 33.7 Å². The molecule has 0 aliphatic rings. The van der Waals surface area contributed by atoms with Crippen molar-refractivity contribution in [1.82, 2.24) is 9.97 Å². The summed E-state index contributed by atoms with van der Waals surface area (Å²) in [5.41, 5.74) is 3.29. The summed E-state index contributed by atoms with van der Waals surface area (Å²) in [5, 5.41) is 8.17. The van der Waals surface area contributed by atoms with Crippen LogP contribution in [-0.2, 0) is 0 Å². The molecule has 0 radical (unpaired) electrons. The third-order valence-electron chi connectivity index (χ3n) is 3.51. The number of carbonyl (C=O) groups is 1. The van der Waals surface area contributed by atoms with Gasteiger partial charge in [0.2, 0.25) is 0 Å². The molecule has 0 saturated carbocycles. The first-order chi connectivity index (χ1) is 12.2. The summed E-state index contributed by atoms with van der Waals surface area (Å²) >= 11 is 2.95. The zero-order chi connectivity index (χ0) is 17.2. The van der Waals surface area contributed by atoms with Crippen molar-refractivity contribution in [2.45, 2.75) is 6.92 Å². The first-order valence-corrected chi connectivity index (χ1v) is 9.28. The van der Waals surface area contributed by atoms with Gasteiger partial charge in [-0.2, -0.15) is 0 Å². The molecule has 25 heavy (non-hydrogen) atoms. The quantitative estimate of drug-likeness (QED) is 0.546. The van der Waals surface area contributed by atoms with Crippen LogP contribution in [-0.4, -0.2) is 15.9 Å². The third-order valence-corrected chi connectivity index (χ3v) is 5.28. The molecule has 0 saturated heterocycles. The van der Waals surface area contributed by atoms with Crippen LogP contribution in [0.2, 0.25) is 0 Å². The second-order valence-corrected chi connectivity index (χ2v) is 7.06. The first kappa shape index (κ1) is 15.7. The van der Waals surface area contributed by atoms with Crippen molar-refractivity contribution in [1.29, 1.82) is 0 Å². The highest BCUT2D eigenvalue weighted by molar-refractivity contribution is 7.14. The van der Waals surface area contributed by atoms with E-state index in [0.717, 1.165) is 16.3 Å². The number of hydrogen-bond donors (Lipinski definition) is 1. The largest absolute Gasteiger partial charge is 0.463 e. The summed E-state index contributed by atoms with van der Waals surface area (Å²) in [6, 6.07) is 11.0. The minimum atomic E-state index is -0.192. The molecule has 124 valence electrons. The van der Waals surface area contributed by atoms with Gasteiger partial charge < -0.3 is 4.42 Å². The van der Waals surface area contributed by atoms with Crippen LogP contribution in [0.25, 0.3) is 22.0 Å². The van der Waals surface area contributed by atoms with E-state index in [1.54, 1.807) is 35.8 Å². The third kappa shape index (κ3) is 3.38. The minimum Gasteiger partial charge on any atom is -0.463 e. The Hall–Kier alpha value is -2.77. The van der Waals surface area contributed by atoms with Gasteiger partial charge in [-0.15, -0.1) is 22.7 Å². The molecule has 0 fully saturated rings. The molecule has 4 aromatic rings. The predicted octanol–water partition coefficient (Wildman–Crippen LogP) is 5.09. The lowest BCUT2D eigenvalue weighted by molar-refractivity contribution is 0.102. The maximum absolute atomic E-state index is 12.4. The Morgan fingerprint density at radius 3 is 2.60 bits per heavy atom. The van der Waals surface area contributed by atoms with Gasteiger partial charge in [0.15, 0.2) is 10.9 Å². The van der Waals surface area contributed by atoms with Gasteiger partial charge in [-0.1, -0.05) is 12.1 Å². The van der Waals surface area contributed by atoms with Gasteiger partial charge in [-0.25, -0.2) is 9.97 Å². The number of furan rings is 1. The van der Waals surface area contributed by atoms with Gasteiger partial charge in [0.1, 0.15) is 10.7 Å². The van der Waals surface area contributed by atoms with Crippen LogP contribution >= 0.6 is 22.7 Å². The molecule has 0 unspecified atom stereocenters. The van der Waals surface area contributed by atoms with E-state index in [1.165, 1.54) is 11.3 Å². The van der Waals surface area contributed by atoms with E-state index < -0.39 is 0 Å². The van der Waals surface area contributed by atoms with Crippen LogP contribution in [0, 0.1) is 6.92 Å². The van der Waals surface area contributed by atoms with Crippen molar-refractivity contribution < 1.29 is 9.21 Å². The molecule has 4 rings (SSSR count). The molecular formula is C18H13N3O2S2. The Balaban J connectivity index is 1.48. The zero-order valence-electron chi connectivity index (χ0n) is 13.2. The number of rotatable bonds is 4. The molecule has 1 N–H and O–H groups in total. The van der Waals surface area contributed by atoms with Crippen LogP contribution in [0.3, 0.4) is 0 Å². The predicted molar refractivity (Wildman–Crippen MR) is 100 cm³/mol. The fraction of sp³-hybridized carbons (Fsp3) is 0.0556. The van der Waals surface area contributed by atoms with Crippen molar-refractivity contribution in [3.8, 4) is 22.0 Å². The van der Waals surface area contributed by atoms with Crippen LogP contribution in [0.15, 0.2) is 57.8 Å². The number of aromatic nitrogens is 2. The van der Waals surface area contributed by atoms with Gasteiger partial charge in [-0.3, -0.25) is 10.1 Å². The maximum Gasteiger partial charge on any atom is 0.257 e. The molecule has 0 aliphatic carbocycles. The summed E-state index contributed by atoms with van der Waals surface area (Å²) in [6.45, 7) is 1.97. The number of nitrogens with zero attached hydrogens (tertiary/aromatic N) is 2. The number of nitrogens with one attached hydrogen (secondary N) is 1. The molecule has 1 amide bonds. The molecule has 3 heterocycles. The van der Waals surface area contributed by atoms with Gasteiger partial charge >= 0.3 is 0 Å². The monoisotopic (exact) mass is 367 g/mol. The van der Waals surface area contributed by atoms with Gasteiger partial charge in [0.25, 0.3) is 5.91 Å².